The fraction of sp³-hybridized carbons (Fsp3) is 0.353. The lowest BCUT2D eigenvalue weighted by Gasteiger charge is -2.37. The van der Waals surface area contributed by atoms with Gasteiger partial charge in [0.25, 0.3) is 0 Å². The first kappa shape index (κ1) is 30.4. The molecule has 3 aromatic carbocycles. The molecule has 0 amide bonds. The molecule has 1 heterocycles. The van der Waals surface area contributed by atoms with Gasteiger partial charge < -0.3 is 14.4 Å². The van der Waals surface area contributed by atoms with E-state index in [2.05, 4.69) is 103 Å². The van der Waals surface area contributed by atoms with E-state index in [1.165, 1.54) is 0 Å². The minimum absolute atomic E-state index is 0.401. The van der Waals surface area contributed by atoms with Crippen molar-refractivity contribution < 1.29 is 14.6 Å². The Morgan fingerprint density at radius 3 is 1.95 bits per heavy atom. The number of ether oxygens (including phenoxy) is 1. The van der Waals surface area contributed by atoms with E-state index in [-0.39, 0.29) is 0 Å². The highest BCUT2D eigenvalue weighted by Gasteiger charge is 2.35. The highest BCUT2D eigenvalue weighted by atomic mass is 28.3. The first-order valence-corrected chi connectivity index (χ1v) is 18.2. The molecule has 7 heteroatoms. The van der Waals surface area contributed by atoms with Gasteiger partial charge in [-0.2, -0.15) is 0 Å². The molecule has 41 heavy (non-hydrogen) atoms. The van der Waals surface area contributed by atoms with E-state index < -0.39 is 25.5 Å². The molecule has 4 aromatic rings. The highest BCUT2D eigenvalue weighted by Crippen LogP contribution is 2.36. The number of imidazole rings is 1. The number of aromatic nitrogens is 2. The molecule has 0 saturated carbocycles. The fourth-order valence-electron chi connectivity index (χ4n) is 5.19. The van der Waals surface area contributed by atoms with Crippen molar-refractivity contribution >= 4 is 14.0 Å². The van der Waals surface area contributed by atoms with Gasteiger partial charge in [-0.05, 0) is 42.1 Å². The van der Waals surface area contributed by atoms with Crippen LogP contribution >= 0.6 is 0 Å². The van der Waals surface area contributed by atoms with Crippen LogP contribution in [-0.4, -0.2) is 41.9 Å². The standard InChI is InChI=1S/C34H43N3O3Si/c1-41(2,3)23-22-40-27-37-25-32(35-26-37)24-28(33(38)39)14-13-21-36-34(29-15-7-4-8-16-29,30-17-9-5-10-18-30)31-19-11-6-12-20-31/h4-12,15-20,25-26,28,36H,13-14,21-24,27H2,1-3H3,(H,38,39)/t28-/m0/s1. The molecule has 1 atom stereocenters. The van der Waals surface area contributed by atoms with Crippen LogP contribution in [0.1, 0.15) is 35.2 Å². The summed E-state index contributed by atoms with van der Waals surface area (Å²) in [6.45, 7) is 8.83. The van der Waals surface area contributed by atoms with Crippen molar-refractivity contribution in [2.45, 2.75) is 57.2 Å². The van der Waals surface area contributed by atoms with E-state index in [1.807, 2.05) is 29.0 Å². The third-order valence-corrected chi connectivity index (χ3v) is 9.17. The Morgan fingerprint density at radius 2 is 1.46 bits per heavy atom. The largest absolute Gasteiger partial charge is 0.481 e. The molecular weight excluding hydrogens is 526 g/mol. The maximum Gasteiger partial charge on any atom is 0.306 e. The number of benzene rings is 3. The maximum atomic E-state index is 12.2. The minimum atomic E-state index is -1.13. The van der Waals surface area contributed by atoms with Gasteiger partial charge in [0.2, 0.25) is 0 Å². The lowest BCUT2D eigenvalue weighted by Crippen LogP contribution is -2.45. The van der Waals surface area contributed by atoms with Crippen molar-refractivity contribution in [3.63, 3.8) is 0 Å². The molecule has 0 aliphatic carbocycles. The zero-order valence-corrected chi connectivity index (χ0v) is 25.5. The number of hydrogen-bond donors (Lipinski definition) is 2. The Balaban J connectivity index is 1.43. The van der Waals surface area contributed by atoms with Gasteiger partial charge in [-0.25, -0.2) is 4.98 Å². The lowest BCUT2D eigenvalue weighted by molar-refractivity contribution is -0.142. The molecule has 2 N–H and O–H groups in total. The molecular formula is C34H43N3O3Si. The topological polar surface area (TPSA) is 76.4 Å². The quantitative estimate of drug-likeness (QED) is 0.0882. The smallest absolute Gasteiger partial charge is 0.306 e. The summed E-state index contributed by atoms with van der Waals surface area (Å²) in [4.78, 5) is 16.7. The molecule has 0 spiro atoms. The Labute approximate surface area is 245 Å². The first-order valence-electron chi connectivity index (χ1n) is 14.5. The third-order valence-electron chi connectivity index (χ3n) is 7.47. The summed E-state index contributed by atoms with van der Waals surface area (Å²) in [6, 6.07) is 32.5. The van der Waals surface area contributed by atoms with Gasteiger partial charge in [-0.3, -0.25) is 10.1 Å². The predicted octanol–water partition coefficient (Wildman–Crippen LogP) is 6.80. The maximum absolute atomic E-state index is 12.2. The van der Waals surface area contributed by atoms with Crippen molar-refractivity contribution in [1.82, 2.24) is 14.9 Å². The molecule has 1 aromatic heterocycles. The Morgan fingerprint density at radius 1 is 0.927 bits per heavy atom. The predicted molar refractivity (Wildman–Crippen MR) is 168 cm³/mol. The number of nitrogens with zero attached hydrogens (tertiary/aromatic N) is 2. The molecule has 0 saturated heterocycles. The molecule has 216 valence electrons. The van der Waals surface area contributed by atoms with Crippen molar-refractivity contribution in [3.05, 3.63) is 126 Å². The van der Waals surface area contributed by atoms with Crippen LogP contribution in [0, 0.1) is 5.92 Å². The van der Waals surface area contributed by atoms with Crippen molar-refractivity contribution in [1.29, 1.82) is 0 Å². The van der Waals surface area contributed by atoms with E-state index in [9.17, 15) is 9.90 Å². The van der Waals surface area contributed by atoms with Gasteiger partial charge in [0, 0.05) is 27.3 Å². The second-order valence-electron chi connectivity index (χ2n) is 11.9. The van der Waals surface area contributed by atoms with Crippen molar-refractivity contribution in [2.24, 2.45) is 5.92 Å². The van der Waals surface area contributed by atoms with Gasteiger partial charge in [0.05, 0.1) is 23.5 Å². The van der Waals surface area contributed by atoms with Gasteiger partial charge in [0.1, 0.15) is 6.73 Å². The van der Waals surface area contributed by atoms with Crippen LogP contribution in [0.4, 0.5) is 0 Å². The molecule has 0 aliphatic heterocycles. The highest BCUT2D eigenvalue weighted by molar-refractivity contribution is 6.76. The Hall–Kier alpha value is -3.52. The normalized spacial score (nSPS) is 12.8. The van der Waals surface area contributed by atoms with Crippen LogP contribution in [0.25, 0.3) is 0 Å². The molecule has 0 bridgehead atoms. The van der Waals surface area contributed by atoms with Gasteiger partial charge in [-0.1, -0.05) is 111 Å². The van der Waals surface area contributed by atoms with Crippen molar-refractivity contribution in [3.8, 4) is 0 Å². The Kier molecular flexibility index (Phi) is 10.7. The van der Waals surface area contributed by atoms with Gasteiger partial charge in [-0.15, -0.1) is 0 Å². The lowest BCUT2D eigenvalue weighted by atomic mass is 9.77. The molecule has 6 nitrogen and oxygen atoms in total. The number of carbonyl (C=O) groups is 1. The average Bonchev–Trinajstić information content (AvgIpc) is 3.43. The summed E-state index contributed by atoms with van der Waals surface area (Å²) in [7, 11) is -1.13. The average molecular weight is 570 g/mol. The summed E-state index contributed by atoms with van der Waals surface area (Å²) in [5.74, 6) is -1.29. The number of hydrogen-bond acceptors (Lipinski definition) is 4. The minimum Gasteiger partial charge on any atom is -0.481 e. The summed E-state index contributed by atoms with van der Waals surface area (Å²) < 4.78 is 7.71. The molecule has 0 radical (unpaired) electrons. The number of aliphatic carboxylic acids is 1. The van der Waals surface area contributed by atoms with E-state index in [1.54, 1.807) is 6.33 Å². The van der Waals surface area contributed by atoms with Crippen LogP contribution < -0.4 is 5.32 Å². The number of carboxylic acids is 1. The number of rotatable bonds is 16. The summed E-state index contributed by atoms with van der Waals surface area (Å²) >= 11 is 0. The summed E-state index contributed by atoms with van der Waals surface area (Å²) in [6.07, 6.45) is 5.31. The van der Waals surface area contributed by atoms with Gasteiger partial charge >= 0.3 is 5.97 Å². The van der Waals surface area contributed by atoms with Crippen LogP contribution in [-0.2, 0) is 28.2 Å². The monoisotopic (exact) mass is 569 g/mol. The zero-order valence-electron chi connectivity index (χ0n) is 24.5. The Bertz CT molecular complexity index is 1240. The summed E-state index contributed by atoms with van der Waals surface area (Å²) in [5, 5.41) is 13.9. The van der Waals surface area contributed by atoms with E-state index in [0.717, 1.165) is 35.0 Å². The SMILES string of the molecule is C[Si](C)(C)CCOCn1cnc(C[C@H](CCCNC(c2ccccc2)(c2ccccc2)c2ccccc2)C(=O)O)c1. The molecule has 0 unspecified atom stereocenters. The first-order chi connectivity index (χ1) is 19.8. The van der Waals surface area contributed by atoms with Crippen LogP contribution in [0.3, 0.4) is 0 Å². The second-order valence-corrected chi connectivity index (χ2v) is 17.5. The number of carboxylic acid groups (broad SMARTS) is 1. The summed E-state index contributed by atoms with van der Waals surface area (Å²) in [5.41, 5.74) is 3.65. The van der Waals surface area contributed by atoms with Crippen LogP contribution in [0.15, 0.2) is 104 Å². The van der Waals surface area contributed by atoms with E-state index in [0.29, 0.717) is 32.5 Å². The zero-order chi connectivity index (χ0) is 29.1. The fourth-order valence-corrected chi connectivity index (χ4v) is 5.95. The van der Waals surface area contributed by atoms with E-state index in [4.69, 9.17) is 4.74 Å². The molecule has 0 aliphatic rings. The van der Waals surface area contributed by atoms with Crippen molar-refractivity contribution in [2.75, 3.05) is 13.2 Å². The molecule has 4 rings (SSSR count). The van der Waals surface area contributed by atoms with E-state index >= 15 is 0 Å². The second kappa shape index (κ2) is 14.4. The van der Waals surface area contributed by atoms with Crippen LogP contribution in [0.5, 0.6) is 0 Å². The van der Waals surface area contributed by atoms with Gasteiger partial charge in [0.15, 0.2) is 0 Å². The third kappa shape index (κ3) is 8.49. The number of nitrogens with one attached hydrogen (secondary N) is 1. The van der Waals surface area contributed by atoms with Crippen LogP contribution in [0.2, 0.25) is 25.7 Å². The molecule has 0 fully saturated rings.